The van der Waals surface area contributed by atoms with Crippen molar-refractivity contribution < 1.29 is 24.2 Å². The van der Waals surface area contributed by atoms with Gasteiger partial charge in [-0.05, 0) is 36.4 Å². The van der Waals surface area contributed by atoms with Crippen LogP contribution in [0.2, 0.25) is 0 Å². The third-order valence-corrected chi connectivity index (χ3v) is 3.25. The molecule has 1 heterocycles. The van der Waals surface area contributed by atoms with E-state index >= 15 is 0 Å². The van der Waals surface area contributed by atoms with Gasteiger partial charge in [-0.3, -0.25) is 9.59 Å². The summed E-state index contributed by atoms with van der Waals surface area (Å²) in [6.07, 6.45) is 0. The summed E-state index contributed by atoms with van der Waals surface area (Å²) in [5.74, 6) is -1.79. The molecule has 2 aromatic carbocycles. The van der Waals surface area contributed by atoms with Gasteiger partial charge in [-0.2, -0.15) is 0 Å². The van der Waals surface area contributed by atoms with Gasteiger partial charge in [-0.1, -0.05) is 12.1 Å². The number of hydrogen-bond acceptors (Lipinski definition) is 5. The van der Waals surface area contributed by atoms with E-state index in [1.807, 2.05) is 0 Å². The monoisotopic (exact) mass is 296 g/mol. The number of anilines is 1. The maximum Gasteiger partial charge on any atom is 0.266 e. The van der Waals surface area contributed by atoms with Crippen LogP contribution < -0.4 is 14.7 Å². The Bertz CT molecular complexity index is 731. The number of ether oxygens (including phenoxy) is 1. The SMILES string of the molecule is O=C([O-])COc1ccc(N2C(=O)c3ccccc3C2=O)cc1. The van der Waals surface area contributed by atoms with Crippen molar-refractivity contribution in [1.82, 2.24) is 0 Å². The second-order valence-corrected chi connectivity index (χ2v) is 4.65. The Morgan fingerprint density at radius 3 is 2.00 bits per heavy atom. The molecule has 0 atom stereocenters. The van der Waals surface area contributed by atoms with Crippen LogP contribution in [-0.4, -0.2) is 24.4 Å². The van der Waals surface area contributed by atoms with E-state index in [1.165, 1.54) is 24.3 Å². The van der Waals surface area contributed by atoms with Crippen LogP contribution in [0.5, 0.6) is 5.75 Å². The predicted molar refractivity (Wildman–Crippen MR) is 74.5 cm³/mol. The zero-order chi connectivity index (χ0) is 15.7. The lowest BCUT2D eigenvalue weighted by Gasteiger charge is -2.14. The number of carbonyl (C=O) groups is 3. The summed E-state index contributed by atoms with van der Waals surface area (Å²) in [5, 5.41) is 10.3. The van der Waals surface area contributed by atoms with Crippen LogP contribution in [0.1, 0.15) is 20.7 Å². The van der Waals surface area contributed by atoms with Gasteiger partial charge < -0.3 is 14.6 Å². The largest absolute Gasteiger partial charge is 0.546 e. The molecule has 6 heteroatoms. The maximum absolute atomic E-state index is 12.3. The number of nitrogens with zero attached hydrogens (tertiary/aromatic N) is 1. The molecule has 3 rings (SSSR count). The van der Waals surface area contributed by atoms with Crippen molar-refractivity contribution in [2.45, 2.75) is 0 Å². The molecule has 0 radical (unpaired) electrons. The third-order valence-electron chi connectivity index (χ3n) is 3.25. The minimum absolute atomic E-state index is 0.310. The van der Waals surface area contributed by atoms with E-state index in [1.54, 1.807) is 24.3 Å². The van der Waals surface area contributed by atoms with Gasteiger partial charge in [0.25, 0.3) is 11.8 Å². The lowest BCUT2D eigenvalue weighted by Crippen LogP contribution is -2.29. The second kappa shape index (κ2) is 5.33. The Labute approximate surface area is 125 Å². The number of rotatable bonds is 4. The van der Waals surface area contributed by atoms with Crippen molar-refractivity contribution in [1.29, 1.82) is 0 Å². The van der Waals surface area contributed by atoms with Crippen LogP contribution in [-0.2, 0) is 4.79 Å². The summed E-state index contributed by atoms with van der Waals surface area (Å²) < 4.78 is 4.95. The van der Waals surface area contributed by atoms with Crippen molar-refractivity contribution in [3.8, 4) is 5.75 Å². The summed E-state index contributed by atoms with van der Waals surface area (Å²) in [6, 6.07) is 12.6. The number of amides is 2. The van der Waals surface area contributed by atoms with Crippen LogP contribution in [0, 0.1) is 0 Å². The normalized spacial score (nSPS) is 13.2. The predicted octanol–water partition coefficient (Wildman–Crippen LogP) is 0.616. The molecule has 0 N–H and O–H groups in total. The summed E-state index contributed by atoms with van der Waals surface area (Å²) in [6.45, 7) is -0.563. The van der Waals surface area contributed by atoms with Crippen LogP contribution >= 0.6 is 0 Å². The highest BCUT2D eigenvalue weighted by Gasteiger charge is 2.36. The zero-order valence-electron chi connectivity index (χ0n) is 11.3. The molecule has 0 saturated heterocycles. The van der Waals surface area contributed by atoms with Crippen LogP contribution in [0.4, 0.5) is 5.69 Å². The molecule has 0 aromatic heterocycles. The summed E-state index contributed by atoms with van der Waals surface area (Å²) in [5.41, 5.74) is 1.13. The van der Waals surface area contributed by atoms with E-state index in [-0.39, 0.29) is 11.8 Å². The fraction of sp³-hybridized carbons (Fsp3) is 0.0625. The van der Waals surface area contributed by atoms with Crippen molar-refractivity contribution in [2.75, 3.05) is 11.5 Å². The van der Waals surface area contributed by atoms with Crippen LogP contribution in [0.3, 0.4) is 0 Å². The number of carboxylic acid groups (broad SMARTS) is 1. The molecule has 22 heavy (non-hydrogen) atoms. The number of carboxylic acids is 1. The molecule has 2 amide bonds. The first kappa shape index (κ1) is 13.8. The maximum atomic E-state index is 12.3. The number of imide groups is 1. The highest BCUT2D eigenvalue weighted by Crippen LogP contribution is 2.29. The quantitative estimate of drug-likeness (QED) is 0.772. The van der Waals surface area contributed by atoms with E-state index < -0.39 is 12.6 Å². The number of benzene rings is 2. The van der Waals surface area contributed by atoms with Gasteiger partial charge in [0.1, 0.15) is 12.4 Å². The van der Waals surface area contributed by atoms with E-state index in [4.69, 9.17) is 4.74 Å². The average molecular weight is 296 g/mol. The molecule has 0 spiro atoms. The minimum Gasteiger partial charge on any atom is -0.546 e. The number of carbonyl (C=O) groups excluding carboxylic acids is 3. The first-order chi connectivity index (χ1) is 10.6. The molecule has 2 aromatic rings. The van der Waals surface area contributed by atoms with E-state index in [0.717, 1.165) is 4.90 Å². The van der Waals surface area contributed by atoms with Gasteiger partial charge in [0.05, 0.1) is 22.8 Å². The number of aliphatic carboxylic acids is 1. The Morgan fingerprint density at radius 1 is 0.955 bits per heavy atom. The fourth-order valence-electron chi connectivity index (χ4n) is 2.26. The lowest BCUT2D eigenvalue weighted by atomic mass is 10.1. The number of hydrogen-bond donors (Lipinski definition) is 0. The molecule has 0 fully saturated rings. The van der Waals surface area contributed by atoms with Gasteiger partial charge in [0.2, 0.25) is 0 Å². The molecule has 0 unspecified atom stereocenters. The first-order valence-corrected chi connectivity index (χ1v) is 6.48. The molecule has 0 aliphatic carbocycles. The van der Waals surface area contributed by atoms with Crippen molar-refractivity contribution in [2.24, 2.45) is 0 Å². The van der Waals surface area contributed by atoms with Crippen LogP contribution in [0.25, 0.3) is 0 Å². The Balaban J connectivity index is 1.85. The summed E-state index contributed by atoms with van der Waals surface area (Å²) in [7, 11) is 0. The highest BCUT2D eigenvalue weighted by molar-refractivity contribution is 6.34. The van der Waals surface area contributed by atoms with Gasteiger partial charge in [0.15, 0.2) is 0 Å². The van der Waals surface area contributed by atoms with Gasteiger partial charge >= 0.3 is 0 Å². The Kier molecular flexibility index (Phi) is 3.34. The average Bonchev–Trinajstić information content (AvgIpc) is 2.78. The van der Waals surface area contributed by atoms with Crippen molar-refractivity contribution in [3.63, 3.8) is 0 Å². The highest BCUT2D eigenvalue weighted by atomic mass is 16.5. The molecule has 110 valence electrons. The lowest BCUT2D eigenvalue weighted by molar-refractivity contribution is -0.307. The van der Waals surface area contributed by atoms with Crippen molar-refractivity contribution in [3.05, 3.63) is 59.7 Å². The van der Waals surface area contributed by atoms with Gasteiger partial charge in [-0.25, -0.2) is 4.90 Å². The van der Waals surface area contributed by atoms with E-state index in [0.29, 0.717) is 22.6 Å². The molecule has 1 aliphatic heterocycles. The number of fused-ring (bicyclic) bond motifs is 1. The Morgan fingerprint density at radius 2 is 1.50 bits per heavy atom. The second-order valence-electron chi connectivity index (χ2n) is 4.65. The smallest absolute Gasteiger partial charge is 0.266 e. The zero-order valence-corrected chi connectivity index (χ0v) is 11.3. The molecular weight excluding hydrogens is 286 g/mol. The summed E-state index contributed by atoms with van der Waals surface area (Å²) in [4.78, 5) is 36.0. The Hall–Kier alpha value is -3.15. The molecule has 6 nitrogen and oxygen atoms in total. The summed E-state index contributed by atoms with van der Waals surface area (Å²) >= 11 is 0. The van der Waals surface area contributed by atoms with Gasteiger partial charge in [-0.15, -0.1) is 0 Å². The standard InChI is InChI=1S/C16H11NO5/c18-14(19)9-22-11-7-5-10(6-8-11)17-15(20)12-3-1-2-4-13(12)16(17)21/h1-8H,9H2,(H,18,19)/p-1. The van der Waals surface area contributed by atoms with E-state index in [2.05, 4.69) is 0 Å². The minimum atomic E-state index is -1.33. The molecular formula is C16H10NO5-. The third kappa shape index (κ3) is 2.31. The van der Waals surface area contributed by atoms with Crippen molar-refractivity contribution >= 4 is 23.5 Å². The fourth-order valence-corrected chi connectivity index (χ4v) is 2.26. The first-order valence-electron chi connectivity index (χ1n) is 6.48. The molecule has 1 aliphatic rings. The topological polar surface area (TPSA) is 86.7 Å². The molecule has 0 bridgehead atoms. The van der Waals surface area contributed by atoms with E-state index in [9.17, 15) is 19.5 Å². The molecule has 0 saturated carbocycles. The van der Waals surface area contributed by atoms with Gasteiger partial charge in [0, 0.05) is 0 Å². The van der Waals surface area contributed by atoms with Crippen LogP contribution in [0.15, 0.2) is 48.5 Å².